The Bertz CT molecular complexity index is 494. The molecule has 19 heavy (non-hydrogen) atoms. The van der Waals surface area contributed by atoms with Crippen molar-refractivity contribution in [3.05, 3.63) is 41.0 Å². The van der Waals surface area contributed by atoms with Crippen LogP contribution in [0.25, 0.3) is 0 Å². The molecule has 0 amide bonds. The monoisotopic (exact) mass is 271 g/mol. The second-order valence-electron chi connectivity index (χ2n) is 4.76. The van der Waals surface area contributed by atoms with Crippen LogP contribution < -0.4 is 4.90 Å². The van der Waals surface area contributed by atoms with Gasteiger partial charge in [-0.1, -0.05) is 17.7 Å². The van der Waals surface area contributed by atoms with E-state index in [1.807, 2.05) is 11.8 Å². The molecule has 1 aromatic rings. The number of anilines is 1. The van der Waals surface area contributed by atoms with E-state index in [0.29, 0.717) is 18.8 Å². The van der Waals surface area contributed by atoms with Crippen LogP contribution in [0.3, 0.4) is 0 Å². The number of benzene rings is 1. The molecule has 1 aliphatic heterocycles. The average molecular weight is 271 g/mol. The van der Waals surface area contributed by atoms with E-state index in [2.05, 4.69) is 6.08 Å². The van der Waals surface area contributed by atoms with E-state index in [1.54, 1.807) is 6.07 Å². The lowest BCUT2D eigenvalue weighted by Gasteiger charge is -2.29. The summed E-state index contributed by atoms with van der Waals surface area (Å²) in [6.07, 6.45) is -1.49. The fraction of sp³-hybridized carbons (Fsp3) is 0.429. The predicted octanol–water partition coefficient (Wildman–Crippen LogP) is 3.35. The van der Waals surface area contributed by atoms with E-state index in [-0.39, 0.29) is 5.56 Å². The molecule has 2 nitrogen and oxygen atoms in total. The summed E-state index contributed by atoms with van der Waals surface area (Å²) in [5.74, 6) is 0. The van der Waals surface area contributed by atoms with Crippen LogP contribution in [-0.4, -0.2) is 18.2 Å². The second kappa shape index (κ2) is 5.25. The van der Waals surface area contributed by atoms with Gasteiger partial charge in [-0.05, 0) is 31.0 Å². The molecule has 5 heteroatoms. The number of hydrogen-bond acceptors (Lipinski definition) is 2. The van der Waals surface area contributed by atoms with Crippen molar-refractivity contribution in [3.8, 4) is 0 Å². The molecule has 104 valence electrons. The molecule has 1 heterocycles. The van der Waals surface area contributed by atoms with Gasteiger partial charge in [0.15, 0.2) is 0 Å². The number of halogens is 3. The molecule has 0 aromatic heterocycles. The molecule has 0 unspecified atom stereocenters. The summed E-state index contributed by atoms with van der Waals surface area (Å²) in [6, 6.07) is 4.12. The zero-order chi connectivity index (χ0) is 14.0. The molecule has 0 atom stereocenters. The Morgan fingerprint density at radius 2 is 2.05 bits per heavy atom. The molecule has 2 rings (SSSR count). The lowest BCUT2D eigenvalue weighted by Crippen LogP contribution is -2.29. The van der Waals surface area contributed by atoms with E-state index in [9.17, 15) is 13.2 Å². The maximum absolute atomic E-state index is 12.9. The first-order valence-electron chi connectivity index (χ1n) is 6.13. The van der Waals surface area contributed by atoms with Crippen molar-refractivity contribution in [3.63, 3.8) is 0 Å². The van der Waals surface area contributed by atoms with Crippen molar-refractivity contribution in [2.24, 2.45) is 0 Å². The van der Waals surface area contributed by atoms with Crippen LogP contribution >= 0.6 is 0 Å². The Labute approximate surface area is 110 Å². The molecule has 1 aliphatic rings. The lowest BCUT2D eigenvalue weighted by molar-refractivity contribution is -0.138. The predicted molar refractivity (Wildman–Crippen MR) is 68.0 cm³/mol. The molecular weight excluding hydrogens is 255 g/mol. The maximum atomic E-state index is 12.9. The van der Waals surface area contributed by atoms with Crippen molar-refractivity contribution in [2.75, 3.05) is 18.0 Å². The molecule has 0 aliphatic carbocycles. The fourth-order valence-electron chi connectivity index (χ4n) is 2.29. The van der Waals surface area contributed by atoms with Gasteiger partial charge >= 0.3 is 6.18 Å². The summed E-state index contributed by atoms with van der Waals surface area (Å²) >= 11 is 0. The highest BCUT2D eigenvalue weighted by atomic mass is 19.4. The van der Waals surface area contributed by atoms with E-state index in [4.69, 9.17) is 5.11 Å². The van der Waals surface area contributed by atoms with Crippen LogP contribution in [0.15, 0.2) is 29.8 Å². The SMILES string of the molecule is CC1=CCCN(c2ccc(CO)c(C(F)(F)F)c2)C1. The number of hydrogen-bond donors (Lipinski definition) is 1. The number of nitrogens with zero attached hydrogens (tertiary/aromatic N) is 1. The van der Waals surface area contributed by atoms with Gasteiger partial charge in [-0.25, -0.2) is 0 Å². The second-order valence-corrected chi connectivity index (χ2v) is 4.76. The largest absolute Gasteiger partial charge is 0.416 e. The standard InChI is InChI=1S/C14H16F3NO/c1-10-3-2-6-18(8-10)12-5-4-11(9-19)13(7-12)14(15,16)17/h3-5,7,19H,2,6,8-9H2,1H3. The van der Waals surface area contributed by atoms with Crippen LogP contribution in [0.2, 0.25) is 0 Å². The quantitative estimate of drug-likeness (QED) is 0.834. The molecule has 0 fully saturated rings. The average Bonchev–Trinajstić information content (AvgIpc) is 2.37. The summed E-state index contributed by atoms with van der Waals surface area (Å²) in [4.78, 5) is 1.92. The molecule has 0 saturated carbocycles. The highest BCUT2D eigenvalue weighted by molar-refractivity contribution is 5.53. The molecule has 0 bridgehead atoms. The molecule has 0 spiro atoms. The van der Waals surface area contributed by atoms with Gasteiger partial charge in [0.25, 0.3) is 0 Å². The third-order valence-electron chi connectivity index (χ3n) is 3.27. The van der Waals surface area contributed by atoms with Crippen molar-refractivity contribution in [1.29, 1.82) is 0 Å². The normalized spacial score (nSPS) is 16.5. The summed E-state index contributed by atoms with van der Waals surface area (Å²) in [5, 5.41) is 9.00. The highest BCUT2D eigenvalue weighted by Gasteiger charge is 2.33. The first-order valence-corrected chi connectivity index (χ1v) is 6.13. The van der Waals surface area contributed by atoms with Gasteiger partial charge in [0.2, 0.25) is 0 Å². The van der Waals surface area contributed by atoms with Gasteiger partial charge in [0.1, 0.15) is 0 Å². The van der Waals surface area contributed by atoms with Crippen molar-refractivity contribution in [2.45, 2.75) is 26.1 Å². The van der Waals surface area contributed by atoms with Crippen molar-refractivity contribution >= 4 is 5.69 Å². The third-order valence-corrected chi connectivity index (χ3v) is 3.27. The number of rotatable bonds is 2. The summed E-state index contributed by atoms with van der Waals surface area (Å²) in [5.41, 5.74) is 0.878. The van der Waals surface area contributed by atoms with Crippen LogP contribution in [0.4, 0.5) is 18.9 Å². The Hall–Kier alpha value is -1.49. The van der Waals surface area contributed by atoms with E-state index in [1.165, 1.54) is 6.07 Å². The van der Waals surface area contributed by atoms with Gasteiger partial charge in [-0.15, -0.1) is 0 Å². The Balaban J connectivity index is 2.35. The maximum Gasteiger partial charge on any atom is 0.416 e. The van der Waals surface area contributed by atoms with E-state index < -0.39 is 18.3 Å². The number of aliphatic hydroxyl groups excluding tert-OH is 1. The molecule has 1 aromatic carbocycles. The van der Waals surface area contributed by atoms with Crippen LogP contribution in [0.5, 0.6) is 0 Å². The van der Waals surface area contributed by atoms with Crippen LogP contribution in [0.1, 0.15) is 24.5 Å². The third kappa shape index (κ3) is 3.10. The lowest BCUT2D eigenvalue weighted by atomic mass is 10.0. The Morgan fingerprint density at radius 1 is 1.32 bits per heavy atom. The van der Waals surface area contributed by atoms with Crippen LogP contribution in [-0.2, 0) is 12.8 Å². The van der Waals surface area contributed by atoms with Gasteiger partial charge < -0.3 is 10.0 Å². The van der Waals surface area contributed by atoms with Crippen LogP contribution in [0, 0.1) is 0 Å². The zero-order valence-corrected chi connectivity index (χ0v) is 10.7. The Morgan fingerprint density at radius 3 is 2.63 bits per heavy atom. The molecule has 1 N–H and O–H groups in total. The smallest absolute Gasteiger partial charge is 0.392 e. The minimum Gasteiger partial charge on any atom is -0.392 e. The van der Waals surface area contributed by atoms with Gasteiger partial charge in [-0.2, -0.15) is 13.2 Å². The van der Waals surface area contributed by atoms with Gasteiger partial charge in [0, 0.05) is 18.8 Å². The summed E-state index contributed by atoms with van der Waals surface area (Å²) in [7, 11) is 0. The van der Waals surface area contributed by atoms with Gasteiger partial charge in [-0.3, -0.25) is 0 Å². The number of aliphatic hydroxyl groups is 1. The fourth-order valence-corrected chi connectivity index (χ4v) is 2.29. The number of alkyl halides is 3. The highest BCUT2D eigenvalue weighted by Crippen LogP contribution is 2.35. The zero-order valence-electron chi connectivity index (χ0n) is 10.7. The minimum absolute atomic E-state index is 0.0828. The molecule has 0 radical (unpaired) electrons. The molecule has 0 saturated heterocycles. The van der Waals surface area contributed by atoms with E-state index >= 15 is 0 Å². The Kier molecular flexibility index (Phi) is 3.85. The first kappa shape index (κ1) is 13.9. The summed E-state index contributed by atoms with van der Waals surface area (Å²) in [6.45, 7) is 2.73. The molecular formula is C14H16F3NO. The first-order chi connectivity index (χ1) is 8.91. The minimum atomic E-state index is -4.44. The summed E-state index contributed by atoms with van der Waals surface area (Å²) < 4.78 is 38.8. The van der Waals surface area contributed by atoms with Crippen molar-refractivity contribution < 1.29 is 18.3 Å². The van der Waals surface area contributed by atoms with Gasteiger partial charge in [0.05, 0.1) is 12.2 Å². The van der Waals surface area contributed by atoms with Crippen molar-refractivity contribution in [1.82, 2.24) is 0 Å². The van der Waals surface area contributed by atoms with E-state index in [0.717, 1.165) is 18.1 Å². The topological polar surface area (TPSA) is 23.5 Å².